The number of amides is 4. The molecule has 2 saturated heterocycles. The maximum atomic E-state index is 12.0. The SMILES string of the molecule is O=C(Nc1ccc(Cl)cc1)N1CC(N2C(=O)COC2=O)C1. The van der Waals surface area contributed by atoms with Crippen LogP contribution in [0.3, 0.4) is 0 Å². The number of ether oxygens (including phenoxy) is 1. The number of hydrogen-bond donors (Lipinski definition) is 1. The van der Waals surface area contributed by atoms with E-state index in [1.165, 1.54) is 4.90 Å². The second-order valence-corrected chi connectivity index (χ2v) is 5.25. The highest BCUT2D eigenvalue weighted by molar-refractivity contribution is 6.30. The van der Waals surface area contributed by atoms with E-state index in [9.17, 15) is 14.4 Å². The Bertz CT molecular complexity index is 582. The summed E-state index contributed by atoms with van der Waals surface area (Å²) in [4.78, 5) is 37.4. The van der Waals surface area contributed by atoms with Crippen molar-refractivity contribution in [2.75, 3.05) is 25.0 Å². The Morgan fingerprint density at radius 3 is 2.48 bits per heavy atom. The van der Waals surface area contributed by atoms with Crippen LogP contribution >= 0.6 is 11.6 Å². The third-order valence-electron chi connectivity index (χ3n) is 3.39. The first-order chi connectivity index (χ1) is 10.0. The number of carbonyl (C=O) groups is 3. The zero-order valence-corrected chi connectivity index (χ0v) is 11.7. The lowest BCUT2D eigenvalue weighted by Crippen LogP contribution is -2.63. The fraction of sp³-hybridized carbons (Fsp3) is 0.308. The minimum Gasteiger partial charge on any atom is -0.439 e. The quantitative estimate of drug-likeness (QED) is 0.898. The van der Waals surface area contributed by atoms with E-state index in [2.05, 4.69) is 10.1 Å². The molecule has 0 bridgehead atoms. The third-order valence-corrected chi connectivity index (χ3v) is 3.65. The summed E-state index contributed by atoms with van der Waals surface area (Å²) >= 11 is 5.76. The Kier molecular flexibility index (Phi) is 3.42. The molecule has 0 saturated carbocycles. The van der Waals surface area contributed by atoms with Gasteiger partial charge in [0.15, 0.2) is 6.61 Å². The molecular weight excluding hydrogens is 298 g/mol. The van der Waals surface area contributed by atoms with Gasteiger partial charge in [-0.25, -0.2) is 14.5 Å². The largest absolute Gasteiger partial charge is 0.439 e. The Hall–Kier alpha value is -2.28. The van der Waals surface area contributed by atoms with Crippen molar-refractivity contribution in [3.05, 3.63) is 29.3 Å². The third kappa shape index (κ3) is 2.64. The summed E-state index contributed by atoms with van der Waals surface area (Å²) in [5.41, 5.74) is 0.629. The average molecular weight is 310 g/mol. The molecule has 0 aliphatic carbocycles. The van der Waals surface area contributed by atoms with Crippen molar-refractivity contribution in [2.24, 2.45) is 0 Å². The molecule has 0 aromatic heterocycles. The molecule has 2 fully saturated rings. The Labute approximate surface area is 125 Å². The van der Waals surface area contributed by atoms with Gasteiger partial charge in [-0.3, -0.25) is 4.79 Å². The van der Waals surface area contributed by atoms with Crippen molar-refractivity contribution in [1.29, 1.82) is 0 Å². The lowest BCUT2D eigenvalue weighted by molar-refractivity contribution is -0.129. The van der Waals surface area contributed by atoms with Crippen LogP contribution in [0, 0.1) is 0 Å². The summed E-state index contributed by atoms with van der Waals surface area (Å²) in [6.45, 7) is 0.396. The molecule has 0 atom stereocenters. The van der Waals surface area contributed by atoms with Crippen molar-refractivity contribution in [3.8, 4) is 0 Å². The Balaban J connectivity index is 1.54. The molecular formula is C13H12ClN3O4. The summed E-state index contributed by atoms with van der Waals surface area (Å²) in [7, 11) is 0. The molecule has 1 N–H and O–H groups in total. The molecule has 21 heavy (non-hydrogen) atoms. The van der Waals surface area contributed by atoms with Gasteiger partial charge < -0.3 is 15.0 Å². The van der Waals surface area contributed by atoms with Gasteiger partial charge in [0.1, 0.15) is 0 Å². The number of halogens is 1. The number of cyclic esters (lactones) is 1. The topological polar surface area (TPSA) is 79.0 Å². The number of imide groups is 1. The highest BCUT2D eigenvalue weighted by atomic mass is 35.5. The normalized spacial score (nSPS) is 18.5. The standard InChI is InChI=1S/C13H12ClN3O4/c14-8-1-3-9(4-2-8)15-12(19)16-5-10(6-16)17-11(18)7-21-13(17)20/h1-4,10H,5-7H2,(H,15,19). The highest BCUT2D eigenvalue weighted by Gasteiger charge is 2.44. The summed E-state index contributed by atoms with van der Waals surface area (Å²) in [6, 6.07) is 6.15. The minimum absolute atomic E-state index is 0.216. The number of nitrogens with one attached hydrogen (secondary N) is 1. The van der Waals surface area contributed by atoms with Crippen molar-refractivity contribution >= 4 is 35.3 Å². The molecule has 110 valence electrons. The molecule has 0 radical (unpaired) electrons. The van der Waals surface area contributed by atoms with Gasteiger partial charge in [0.05, 0.1) is 6.04 Å². The van der Waals surface area contributed by atoms with Gasteiger partial charge in [0.2, 0.25) is 0 Å². The number of rotatable bonds is 2. The fourth-order valence-electron chi connectivity index (χ4n) is 2.24. The first-order valence-electron chi connectivity index (χ1n) is 6.35. The van der Waals surface area contributed by atoms with Crippen molar-refractivity contribution in [2.45, 2.75) is 6.04 Å². The van der Waals surface area contributed by atoms with Gasteiger partial charge >= 0.3 is 12.1 Å². The van der Waals surface area contributed by atoms with Crippen LogP contribution in [-0.4, -0.2) is 53.6 Å². The summed E-state index contributed by atoms with van der Waals surface area (Å²) in [5.74, 6) is -0.359. The lowest BCUT2D eigenvalue weighted by atomic mass is 10.1. The van der Waals surface area contributed by atoms with Crippen LogP contribution in [0.25, 0.3) is 0 Å². The zero-order valence-electron chi connectivity index (χ0n) is 10.9. The van der Waals surface area contributed by atoms with Crippen LogP contribution in [-0.2, 0) is 9.53 Å². The molecule has 1 aromatic carbocycles. The highest BCUT2D eigenvalue weighted by Crippen LogP contribution is 2.21. The monoisotopic (exact) mass is 309 g/mol. The molecule has 2 heterocycles. The number of nitrogens with zero attached hydrogens (tertiary/aromatic N) is 2. The zero-order chi connectivity index (χ0) is 15.0. The molecule has 8 heteroatoms. The number of anilines is 1. The maximum Gasteiger partial charge on any atom is 0.417 e. The molecule has 1 aromatic rings. The molecule has 4 amide bonds. The second-order valence-electron chi connectivity index (χ2n) is 4.81. The van der Waals surface area contributed by atoms with Gasteiger partial charge in [-0.2, -0.15) is 0 Å². The molecule has 2 aliphatic heterocycles. The summed E-state index contributed by atoms with van der Waals surface area (Å²) < 4.78 is 4.64. The van der Waals surface area contributed by atoms with E-state index in [1.807, 2.05) is 0 Å². The van der Waals surface area contributed by atoms with Crippen LogP contribution in [0.15, 0.2) is 24.3 Å². The van der Waals surface area contributed by atoms with Crippen LogP contribution < -0.4 is 5.32 Å². The van der Waals surface area contributed by atoms with Crippen LogP contribution in [0.1, 0.15) is 0 Å². The molecule has 3 rings (SSSR count). The van der Waals surface area contributed by atoms with Gasteiger partial charge in [0.25, 0.3) is 5.91 Å². The van der Waals surface area contributed by atoms with E-state index in [0.717, 1.165) is 4.90 Å². The van der Waals surface area contributed by atoms with E-state index in [0.29, 0.717) is 23.8 Å². The second kappa shape index (κ2) is 5.25. The average Bonchev–Trinajstić information content (AvgIpc) is 2.72. The first-order valence-corrected chi connectivity index (χ1v) is 6.73. The smallest absolute Gasteiger partial charge is 0.417 e. The van der Waals surface area contributed by atoms with Crippen LogP contribution in [0.4, 0.5) is 15.3 Å². The first kappa shape index (κ1) is 13.7. The summed E-state index contributed by atoms with van der Waals surface area (Å²) in [5, 5.41) is 3.30. The van der Waals surface area contributed by atoms with Gasteiger partial charge in [-0.1, -0.05) is 11.6 Å². The molecule has 7 nitrogen and oxygen atoms in total. The number of carbonyl (C=O) groups excluding carboxylic acids is 3. The van der Waals surface area contributed by atoms with Gasteiger partial charge in [0, 0.05) is 23.8 Å². The Morgan fingerprint density at radius 1 is 1.24 bits per heavy atom. The van der Waals surface area contributed by atoms with Crippen molar-refractivity contribution in [3.63, 3.8) is 0 Å². The lowest BCUT2D eigenvalue weighted by Gasteiger charge is -2.41. The number of likely N-dealkylation sites (tertiary alicyclic amines) is 1. The van der Waals surface area contributed by atoms with E-state index >= 15 is 0 Å². The van der Waals surface area contributed by atoms with E-state index in [1.54, 1.807) is 24.3 Å². The molecule has 0 spiro atoms. The van der Waals surface area contributed by atoms with E-state index in [4.69, 9.17) is 11.6 Å². The predicted octanol–water partition coefficient (Wildman–Crippen LogP) is 1.53. The van der Waals surface area contributed by atoms with Crippen molar-refractivity contribution < 1.29 is 19.1 Å². The number of benzene rings is 1. The van der Waals surface area contributed by atoms with Crippen LogP contribution in [0.5, 0.6) is 0 Å². The maximum absolute atomic E-state index is 12.0. The summed E-state index contributed by atoms with van der Waals surface area (Å²) in [6.07, 6.45) is -0.636. The number of urea groups is 1. The van der Waals surface area contributed by atoms with Gasteiger partial charge in [-0.15, -0.1) is 0 Å². The predicted molar refractivity (Wildman–Crippen MR) is 74.0 cm³/mol. The molecule has 0 unspecified atom stereocenters. The minimum atomic E-state index is -0.636. The van der Waals surface area contributed by atoms with E-state index < -0.39 is 6.09 Å². The Morgan fingerprint density at radius 2 is 1.90 bits per heavy atom. The van der Waals surface area contributed by atoms with Crippen LogP contribution in [0.2, 0.25) is 5.02 Å². The number of hydrogen-bond acceptors (Lipinski definition) is 4. The molecule has 2 aliphatic rings. The van der Waals surface area contributed by atoms with E-state index in [-0.39, 0.29) is 24.6 Å². The van der Waals surface area contributed by atoms with Gasteiger partial charge in [-0.05, 0) is 24.3 Å². The van der Waals surface area contributed by atoms with Crippen molar-refractivity contribution in [1.82, 2.24) is 9.80 Å². The fourth-order valence-corrected chi connectivity index (χ4v) is 2.36.